The van der Waals surface area contributed by atoms with Crippen molar-refractivity contribution >= 4 is 17.5 Å². The van der Waals surface area contributed by atoms with Crippen LogP contribution in [0.25, 0.3) is 0 Å². The van der Waals surface area contributed by atoms with Gasteiger partial charge in [-0.05, 0) is 76.2 Å². The molecule has 1 spiro atoms. The van der Waals surface area contributed by atoms with Crippen LogP contribution in [0.3, 0.4) is 0 Å². The van der Waals surface area contributed by atoms with Crippen molar-refractivity contribution in [1.29, 1.82) is 0 Å². The molecule has 1 amide bonds. The Morgan fingerprint density at radius 2 is 1.83 bits per heavy atom. The largest absolute Gasteiger partial charge is 0.491 e. The first kappa shape index (κ1) is 19.1. The Morgan fingerprint density at radius 3 is 2.25 bits per heavy atom. The van der Waals surface area contributed by atoms with E-state index in [1.54, 1.807) is 32.3 Å². The van der Waals surface area contributed by atoms with E-state index in [1.165, 1.54) is 43.7 Å². The van der Waals surface area contributed by atoms with Crippen LogP contribution < -0.4 is 10.1 Å². The van der Waals surface area contributed by atoms with Crippen molar-refractivity contribution in [2.75, 3.05) is 27.2 Å². The molecule has 1 N–H and O–H groups in total. The van der Waals surface area contributed by atoms with Crippen LogP contribution in [0, 0.1) is 5.41 Å². The number of benzene rings is 1. The zero-order chi connectivity index (χ0) is 17.7. The van der Waals surface area contributed by atoms with E-state index in [1.807, 2.05) is 13.8 Å². The number of nitrogens with zero attached hydrogens (tertiary/aromatic N) is 1. The quantitative estimate of drug-likeness (QED) is 0.894. The SMILES string of the molecule is C1CC2(CCN1)CC2.CC(C)Oc1ccc(C(=O)N(C)C)c(Cl)c1. The highest BCUT2D eigenvalue weighted by molar-refractivity contribution is 6.34. The van der Waals surface area contributed by atoms with E-state index in [4.69, 9.17) is 16.3 Å². The van der Waals surface area contributed by atoms with Gasteiger partial charge in [0.25, 0.3) is 5.91 Å². The summed E-state index contributed by atoms with van der Waals surface area (Å²) in [5, 5.41) is 3.79. The Balaban J connectivity index is 0.000000214. The molecule has 0 atom stereocenters. The number of carbonyl (C=O) groups is 1. The topological polar surface area (TPSA) is 41.6 Å². The number of amides is 1. The van der Waals surface area contributed by atoms with Crippen LogP contribution in [0.2, 0.25) is 5.02 Å². The van der Waals surface area contributed by atoms with Crippen molar-refractivity contribution in [3.05, 3.63) is 28.8 Å². The highest BCUT2D eigenvalue weighted by Gasteiger charge is 2.42. The lowest BCUT2D eigenvalue weighted by Crippen LogP contribution is -2.28. The van der Waals surface area contributed by atoms with Crippen molar-refractivity contribution in [1.82, 2.24) is 10.2 Å². The monoisotopic (exact) mass is 352 g/mol. The van der Waals surface area contributed by atoms with E-state index in [9.17, 15) is 4.79 Å². The van der Waals surface area contributed by atoms with E-state index in [2.05, 4.69) is 5.32 Å². The third-order valence-electron chi connectivity index (χ3n) is 4.57. The van der Waals surface area contributed by atoms with Crippen molar-refractivity contribution in [2.24, 2.45) is 5.41 Å². The van der Waals surface area contributed by atoms with Gasteiger partial charge in [0.1, 0.15) is 5.75 Å². The van der Waals surface area contributed by atoms with E-state index in [-0.39, 0.29) is 12.0 Å². The second kappa shape index (κ2) is 8.21. The molecule has 134 valence electrons. The zero-order valence-electron chi connectivity index (χ0n) is 15.2. The Morgan fingerprint density at radius 1 is 1.21 bits per heavy atom. The van der Waals surface area contributed by atoms with Crippen LogP contribution in [-0.2, 0) is 0 Å². The molecule has 0 aromatic heterocycles. The maximum atomic E-state index is 11.7. The third kappa shape index (κ3) is 5.38. The Labute approximate surface area is 150 Å². The highest BCUT2D eigenvalue weighted by atomic mass is 35.5. The second-order valence-electron chi connectivity index (χ2n) is 7.26. The number of hydrogen-bond donors (Lipinski definition) is 1. The lowest BCUT2D eigenvalue weighted by atomic mass is 9.95. The predicted molar refractivity (Wildman–Crippen MR) is 99.0 cm³/mol. The van der Waals surface area contributed by atoms with Gasteiger partial charge in [-0.3, -0.25) is 4.79 Å². The van der Waals surface area contributed by atoms with Gasteiger partial charge in [-0.25, -0.2) is 0 Å². The lowest BCUT2D eigenvalue weighted by molar-refractivity contribution is 0.0827. The maximum absolute atomic E-state index is 11.7. The van der Waals surface area contributed by atoms with Gasteiger partial charge in [0, 0.05) is 14.1 Å². The highest BCUT2D eigenvalue weighted by Crippen LogP contribution is 2.52. The number of ether oxygens (including phenoxy) is 1. The third-order valence-corrected chi connectivity index (χ3v) is 4.88. The van der Waals surface area contributed by atoms with Crippen LogP contribution in [-0.4, -0.2) is 44.1 Å². The van der Waals surface area contributed by atoms with Crippen molar-refractivity contribution < 1.29 is 9.53 Å². The maximum Gasteiger partial charge on any atom is 0.254 e. The average molecular weight is 353 g/mol. The molecule has 1 heterocycles. The molecule has 5 heteroatoms. The molecular weight excluding hydrogens is 324 g/mol. The molecule has 1 aromatic rings. The second-order valence-corrected chi connectivity index (χ2v) is 7.67. The number of rotatable bonds is 3. The number of nitrogens with one attached hydrogen (secondary N) is 1. The van der Waals surface area contributed by atoms with Gasteiger partial charge < -0.3 is 15.0 Å². The molecule has 1 saturated heterocycles. The van der Waals surface area contributed by atoms with Gasteiger partial charge in [0.15, 0.2) is 0 Å². The predicted octanol–water partition coefficient (Wildman–Crippen LogP) is 3.98. The van der Waals surface area contributed by atoms with Gasteiger partial charge in [-0.1, -0.05) is 11.6 Å². The number of carbonyl (C=O) groups excluding carboxylic acids is 1. The molecule has 1 aliphatic heterocycles. The summed E-state index contributed by atoms with van der Waals surface area (Å²) in [5.41, 5.74) is 1.35. The van der Waals surface area contributed by atoms with E-state index in [0.29, 0.717) is 16.3 Å². The van der Waals surface area contributed by atoms with Crippen LogP contribution in [0.1, 0.15) is 49.9 Å². The summed E-state index contributed by atoms with van der Waals surface area (Å²) >= 11 is 6.02. The summed E-state index contributed by atoms with van der Waals surface area (Å²) < 4.78 is 5.48. The normalized spacial score (nSPS) is 17.9. The van der Waals surface area contributed by atoms with Crippen molar-refractivity contribution in [2.45, 2.75) is 45.6 Å². The van der Waals surface area contributed by atoms with Gasteiger partial charge in [0.2, 0.25) is 0 Å². The molecule has 1 aromatic carbocycles. The minimum Gasteiger partial charge on any atom is -0.491 e. The van der Waals surface area contributed by atoms with Gasteiger partial charge in [0.05, 0.1) is 16.7 Å². The fourth-order valence-corrected chi connectivity index (χ4v) is 3.14. The molecule has 0 bridgehead atoms. The minimum absolute atomic E-state index is 0.0893. The molecule has 4 nitrogen and oxygen atoms in total. The fourth-order valence-electron chi connectivity index (χ4n) is 2.89. The molecule has 2 aliphatic rings. The standard InChI is InChI=1S/C12H16ClNO2.C7H13N/c1-8(2)16-9-5-6-10(11(13)7-9)12(15)14(3)4;1-2-7(1)3-5-8-6-4-7/h5-8H,1-4H3;8H,1-6H2. The number of piperidine rings is 1. The van der Waals surface area contributed by atoms with Crippen molar-refractivity contribution in [3.8, 4) is 5.75 Å². The summed E-state index contributed by atoms with van der Waals surface area (Å²) in [7, 11) is 3.38. The van der Waals surface area contributed by atoms with Crippen LogP contribution >= 0.6 is 11.6 Å². The Kier molecular flexibility index (Phi) is 6.53. The molecule has 3 rings (SSSR count). The van der Waals surface area contributed by atoms with Crippen LogP contribution in [0.15, 0.2) is 18.2 Å². The van der Waals surface area contributed by atoms with Gasteiger partial charge in [-0.15, -0.1) is 0 Å². The molecule has 1 saturated carbocycles. The first-order valence-electron chi connectivity index (χ1n) is 8.72. The molecule has 0 unspecified atom stereocenters. The van der Waals surface area contributed by atoms with E-state index < -0.39 is 0 Å². The molecule has 0 radical (unpaired) electrons. The minimum atomic E-state index is -0.110. The number of hydrogen-bond acceptors (Lipinski definition) is 3. The van der Waals surface area contributed by atoms with Crippen LogP contribution in [0.5, 0.6) is 5.75 Å². The first-order chi connectivity index (χ1) is 11.3. The molecule has 24 heavy (non-hydrogen) atoms. The summed E-state index contributed by atoms with van der Waals surface area (Å²) in [6.07, 6.45) is 6.04. The fraction of sp³-hybridized carbons (Fsp3) is 0.632. The molecule has 1 aliphatic carbocycles. The zero-order valence-corrected chi connectivity index (χ0v) is 15.9. The number of halogens is 1. The van der Waals surface area contributed by atoms with E-state index >= 15 is 0 Å². The van der Waals surface area contributed by atoms with E-state index in [0.717, 1.165) is 5.41 Å². The summed E-state index contributed by atoms with van der Waals surface area (Å²) in [6, 6.07) is 5.10. The summed E-state index contributed by atoms with van der Waals surface area (Å²) in [4.78, 5) is 13.2. The Hall–Kier alpha value is -1.26. The van der Waals surface area contributed by atoms with Crippen LogP contribution in [0.4, 0.5) is 0 Å². The van der Waals surface area contributed by atoms with Gasteiger partial charge >= 0.3 is 0 Å². The average Bonchev–Trinajstić information content (AvgIpc) is 3.26. The Bertz CT molecular complexity index is 560. The van der Waals surface area contributed by atoms with Gasteiger partial charge in [-0.2, -0.15) is 0 Å². The summed E-state index contributed by atoms with van der Waals surface area (Å²) in [5.74, 6) is 0.566. The molecule has 2 fully saturated rings. The molecular formula is C19H29ClN2O2. The van der Waals surface area contributed by atoms with Crippen molar-refractivity contribution in [3.63, 3.8) is 0 Å². The lowest BCUT2D eigenvalue weighted by Gasteiger charge is -2.20. The summed E-state index contributed by atoms with van der Waals surface area (Å²) in [6.45, 7) is 6.43. The first-order valence-corrected chi connectivity index (χ1v) is 9.09. The smallest absolute Gasteiger partial charge is 0.254 e.